The van der Waals surface area contributed by atoms with E-state index in [1.807, 2.05) is 6.92 Å². The molecule has 2 aliphatic rings. The van der Waals surface area contributed by atoms with Crippen LogP contribution in [0.25, 0.3) is 0 Å². The van der Waals surface area contributed by atoms with Crippen molar-refractivity contribution in [1.29, 1.82) is 0 Å². The van der Waals surface area contributed by atoms with Crippen LogP contribution in [0.1, 0.15) is 46.0 Å². The third-order valence-electron chi connectivity index (χ3n) is 4.59. The van der Waals surface area contributed by atoms with Crippen molar-refractivity contribution < 1.29 is 8.42 Å². The van der Waals surface area contributed by atoms with Gasteiger partial charge in [-0.05, 0) is 51.5 Å². The highest BCUT2D eigenvalue weighted by atomic mass is 32.2. The van der Waals surface area contributed by atoms with Crippen LogP contribution >= 0.6 is 0 Å². The van der Waals surface area contributed by atoms with Crippen molar-refractivity contribution in [3.63, 3.8) is 0 Å². The highest BCUT2D eigenvalue weighted by Gasteiger charge is 2.42. The van der Waals surface area contributed by atoms with E-state index in [2.05, 4.69) is 6.92 Å². The summed E-state index contributed by atoms with van der Waals surface area (Å²) in [5.74, 6) is 0.321. The third-order valence-corrected chi connectivity index (χ3v) is 6.77. The Balaban J connectivity index is 2.16. The lowest BCUT2D eigenvalue weighted by atomic mass is 10.0. The summed E-state index contributed by atoms with van der Waals surface area (Å²) >= 11 is 0. The largest absolute Gasteiger partial charge is 0.330 e. The van der Waals surface area contributed by atoms with E-state index in [-0.39, 0.29) is 12.1 Å². The van der Waals surface area contributed by atoms with Crippen LogP contribution < -0.4 is 5.73 Å². The molecule has 2 N–H and O–H groups in total. The summed E-state index contributed by atoms with van der Waals surface area (Å²) in [6.45, 7) is 5.93. The second-order valence-electron chi connectivity index (χ2n) is 5.93. The molecular weight excluding hydrogens is 262 g/mol. The minimum atomic E-state index is -3.30. The van der Waals surface area contributed by atoms with Crippen molar-refractivity contribution in [2.45, 2.75) is 58.0 Å². The Kier molecular flexibility index (Phi) is 4.87. The summed E-state index contributed by atoms with van der Waals surface area (Å²) < 4.78 is 29.1. The molecule has 3 atom stereocenters. The van der Waals surface area contributed by atoms with E-state index in [4.69, 9.17) is 5.73 Å². The summed E-state index contributed by atoms with van der Waals surface area (Å²) in [6.07, 6.45) is 4.85. The van der Waals surface area contributed by atoms with Gasteiger partial charge in [0, 0.05) is 25.2 Å². The Labute approximate surface area is 117 Å². The number of hydrogen-bond acceptors (Lipinski definition) is 3. The van der Waals surface area contributed by atoms with Crippen LogP contribution in [-0.2, 0) is 10.2 Å². The Bertz CT molecular complexity index is 399. The van der Waals surface area contributed by atoms with Gasteiger partial charge in [0.25, 0.3) is 10.2 Å². The molecule has 0 aromatic carbocycles. The Morgan fingerprint density at radius 1 is 1.26 bits per heavy atom. The first-order valence-electron chi connectivity index (χ1n) is 7.49. The maximum absolute atomic E-state index is 12.8. The van der Waals surface area contributed by atoms with Crippen LogP contribution in [-0.4, -0.2) is 48.7 Å². The maximum atomic E-state index is 12.8. The van der Waals surface area contributed by atoms with Crippen LogP contribution in [0.3, 0.4) is 0 Å². The highest BCUT2D eigenvalue weighted by Crippen LogP contribution is 2.32. The predicted octanol–water partition coefficient (Wildman–Crippen LogP) is 1.16. The average Bonchev–Trinajstić information content (AvgIpc) is 2.80. The van der Waals surface area contributed by atoms with Crippen LogP contribution in [0.5, 0.6) is 0 Å². The number of hydrogen-bond donors (Lipinski definition) is 1. The van der Waals surface area contributed by atoms with Gasteiger partial charge in [0.1, 0.15) is 0 Å². The van der Waals surface area contributed by atoms with Crippen molar-refractivity contribution in [3.05, 3.63) is 0 Å². The van der Waals surface area contributed by atoms with Gasteiger partial charge >= 0.3 is 0 Å². The first-order valence-corrected chi connectivity index (χ1v) is 8.89. The van der Waals surface area contributed by atoms with Gasteiger partial charge in [-0.25, -0.2) is 0 Å². The second kappa shape index (κ2) is 6.08. The molecule has 6 heteroatoms. The molecule has 2 aliphatic heterocycles. The first-order chi connectivity index (χ1) is 9.00. The third kappa shape index (κ3) is 2.96. The quantitative estimate of drug-likeness (QED) is 0.844. The topological polar surface area (TPSA) is 66.6 Å². The SMILES string of the molecule is CCC1CCC(C)N1S(=O)(=O)N1CCCC(CN)C1. The van der Waals surface area contributed by atoms with Gasteiger partial charge < -0.3 is 5.73 Å². The van der Waals surface area contributed by atoms with Gasteiger partial charge in [-0.15, -0.1) is 0 Å². The lowest BCUT2D eigenvalue weighted by Gasteiger charge is -2.37. The maximum Gasteiger partial charge on any atom is 0.282 e. The normalized spacial score (nSPS) is 34.8. The monoisotopic (exact) mass is 289 g/mol. The van der Waals surface area contributed by atoms with Crippen LogP contribution in [0, 0.1) is 5.92 Å². The zero-order chi connectivity index (χ0) is 14.0. The molecule has 0 aromatic rings. The molecular formula is C13H27N3O2S. The second-order valence-corrected chi connectivity index (χ2v) is 7.76. The summed E-state index contributed by atoms with van der Waals surface area (Å²) in [4.78, 5) is 0. The molecule has 2 heterocycles. The van der Waals surface area contributed by atoms with Crippen molar-refractivity contribution in [2.24, 2.45) is 11.7 Å². The molecule has 2 fully saturated rings. The molecule has 0 aromatic heterocycles. The van der Waals surface area contributed by atoms with Crippen molar-refractivity contribution in [3.8, 4) is 0 Å². The van der Waals surface area contributed by atoms with E-state index in [0.717, 1.165) is 32.1 Å². The molecule has 2 rings (SSSR count). The van der Waals surface area contributed by atoms with Crippen LogP contribution in [0.15, 0.2) is 0 Å². The highest BCUT2D eigenvalue weighted by molar-refractivity contribution is 7.86. The lowest BCUT2D eigenvalue weighted by Crippen LogP contribution is -2.52. The summed E-state index contributed by atoms with van der Waals surface area (Å²) in [7, 11) is -3.30. The van der Waals surface area contributed by atoms with Crippen molar-refractivity contribution >= 4 is 10.2 Å². The summed E-state index contributed by atoms with van der Waals surface area (Å²) in [6, 6.07) is 0.312. The van der Waals surface area contributed by atoms with Gasteiger partial charge in [0.05, 0.1) is 0 Å². The van der Waals surface area contributed by atoms with Crippen LogP contribution in [0.2, 0.25) is 0 Å². The van der Waals surface area contributed by atoms with Crippen LogP contribution in [0.4, 0.5) is 0 Å². The Hall–Kier alpha value is -0.170. The van der Waals surface area contributed by atoms with E-state index in [9.17, 15) is 8.42 Å². The molecule has 19 heavy (non-hydrogen) atoms. The molecule has 5 nitrogen and oxygen atoms in total. The zero-order valence-electron chi connectivity index (χ0n) is 12.1. The lowest BCUT2D eigenvalue weighted by molar-refractivity contribution is 0.234. The molecule has 2 saturated heterocycles. The smallest absolute Gasteiger partial charge is 0.282 e. The Morgan fingerprint density at radius 3 is 2.63 bits per heavy atom. The molecule has 0 saturated carbocycles. The van der Waals surface area contributed by atoms with Gasteiger partial charge in [-0.1, -0.05) is 6.92 Å². The molecule has 112 valence electrons. The average molecular weight is 289 g/mol. The first kappa shape index (κ1) is 15.2. The fourth-order valence-corrected chi connectivity index (χ4v) is 5.63. The number of nitrogens with zero attached hydrogens (tertiary/aromatic N) is 2. The molecule has 0 amide bonds. The Morgan fingerprint density at radius 2 is 2.00 bits per heavy atom. The number of piperidine rings is 1. The fraction of sp³-hybridized carbons (Fsp3) is 1.00. The molecule has 0 spiro atoms. The minimum absolute atomic E-state index is 0.133. The van der Waals surface area contributed by atoms with E-state index in [1.165, 1.54) is 0 Å². The summed E-state index contributed by atoms with van der Waals surface area (Å²) in [5, 5.41) is 0. The van der Waals surface area contributed by atoms with E-state index in [0.29, 0.717) is 25.6 Å². The van der Waals surface area contributed by atoms with Crippen molar-refractivity contribution in [2.75, 3.05) is 19.6 Å². The van der Waals surface area contributed by atoms with Gasteiger partial charge in [0.15, 0.2) is 0 Å². The zero-order valence-corrected chi connectivity index (χ0v) is 12.9. The molecule has 0 aliphatic carbocycles. The number of nitrogens with two attached hydrogens (primary N) is 1. The summed E-state index contributed by atoms with van der Waals surface area (Å²) in [5.41, 5.74) is 5.71. The van der Waals surface area contributed by atoms with Gasteiger partial charge in [0.2, 0.25) is 0 Å². The molecule has 0 bridgehead atoms. The standard InChI is InChI=1S/C13H27N3O2S/c1-3-13-7-6-11(2)16(13)19(17,18)15-8-4-5-12(9-14)10-15/h11-13H,3-10,14H2,1-2H3. The molecule has 0 radical (unpaired) electrons. The van der Waals surface area contributed by atoms with Gasteiger partial charge in [-0.3, -0.25) is 0 Å². The number of rotatable bonds is 4. The van der Waals surface area contributed by atoms with E-state index in [1.54, 1.807) is 8.61 Å². The van der Waals surface area contributed by atoms with E-state index < -0.39 is 10.2 Å². The predicted molar refractivity (Wildman–Crippen MR) is 76.9 cm³/mol. The van der Waals surface area contributed by atoms with Crippen molar-refractivity contribution in [1.82, 2.24) is 8.61 Å². The fourth-order valence-electron chi connectivity index (χ4n) is 3.41. The van der Waals surface area contributed by atoms with E-state index >= 15 is 0 Å². The molecule has 3 unspecified atom stereocenters. The van der Waals surface area contributed by atoms with Gasteiger partial charge in [-0.2, -0.15) is 17.0 Å². The minimum Gasteiger partial charge on any atom is -0.330 e.